The summed E-state index contributed by atoms with van der Waals surface area (Å²) in [4.78, 5) is 11.8. The molecule has 0 bridgehead atoms. The van der Waals surface area contributed by atoms with E-state index in [4.69, 9.17) is 0 Å². The number of hydrogen-bond donors (Lipinski definition) is 2. The van der Waals surface area contributed by atoms with Gasteiger partial charge in [-0.15, -0.1) is 11.8 Å². The lowest BCUT2D eigenvalue weighted by Gasteiger charge is -2.09. The first-order valence-corrected chi connectivity index (χ1v) is 5.94. The molecule has 1 fully saturated rings. The Bertz CT molecular complexity index is 370. The summed E-state index contributed by atoms with van der Waals surface area (Å²) in [6.45, 7) is 1.88. The third kappa shape index (κ3) is 2.32. The first-order chi connectivity index (χ1) is 7.16. The molecule has 1 atom stereocenters. The van der Waals surface area contributed by atoms with Crippen molar-refractivity contribution in [3.63, 3.8) is 0 Å². The van der Waals surface area contributed by atoms with Crippen LogP contribution >= 0.6 is 11.8 Å². The van der Waals surface area contributed by atoms with Gasteiger partial charge in [0.05, 0.1) is 17.4 Å². The highest BCUT2D eigenvalue weighted by Gasteiger charge is 2.23. The van der Waals surface area contributed by atoms with E-state index in [1.54, 1.807) is 16.4 Å². The highest BCUT2D eigenvalue weighted by molar-refractivity contribution is 7.99. The number of aromatic nitrogens is 2. The largest absolute Gasteiger partial charge is 0.322 e. The first kappa shape index (κ1) is 10.5. The third-order valence-corrected chi connectivity index (χ3v) is 3.24. The molecule has 2 N–H and O–H groups in total. The molecule has 82 valence electrons. The molecule has 5 nitrogen and oxygen atoms in total. The fourth-order valence-corrected chi connectivity index (χ4v) is 2.45. The van der Waals surface area contributed by atoms with E-state index in [-0.39, 0.29) is 11.9 Å². The van der Waals surface area contributed by atoms with Gasteiger partial charge < -0.3 is 5.32 Å². The minimum Gasteiger partial charge on any atom is -0.322 e. The summed E-state index contributed by atoms with van der Waals surface area (Å²) in [5.74, 6) is 1.71. The number of aryl methyl sites for hydroxylation is 2. The van der Waals surface area contributed by atoms with E-state index in [0.29, 0.717) is 0 Å². The second-order valence-corrected chi connectivity index (χ2v) is 4.59. The normalized spacial score (nSPS) is 20.5. The number of nitrogens with one attached hydrogen (secondary N) is 2. The van der Waals surface area contributed by atoms with E-state index in [2.05, 4.69) is 15.7 Å². The molecule has 0 spiro atoms. The van der Waals surface area contributed by atoms with Gasteiger partial charge in [0.1, 0.15) is 0 Å². The van der Waals surface area contributed by atoms with E-state index in [0.717, 1.165) is 23.0 Å². The smallest absolute Gasteiger partial charge is 0.242 e. The number of anilines is 1. The molecule has 0 radical (unpaired) electrons. The van der Waals surface area contributed by atoms with Crippen LogP contribution in [-0.2, 0) is 11.8 Å². The lowest BCUT2D eigenvalue weighted by Crippen LogP contribution is -2.37. The lowest BCUT2D eigenvalue weighted by atomic mass is 10.3. The Morgan fingerprint density at radius 2 is 2.60 bits per heavy atom. The maximum Gasteiger partial charge on any atom is 0.242 e. The molecule has 0 aliphatic carbocycles. The molecule has 0 saturated carbocycles. The molecule has 1 aliphatic rings. The number of nitrogens with zero attached hydrogens (tertiary/aromatic N) is 2. The predicted octanol–water partition coefficient (Wildman–Crippen LogP) is 0.330. The van der Waals surface area contributed by atoms with E-state index < -0.39 is 0 Å². The Morgan fingerprint density at radius 1 is 1.80 bits per heavy atom. The van der Waals surface area contributed by atoms with Gasteiger partial charge in [0.15, 0.2) is 0 Å². The molecule has 2 rings (SSSR count). The van der Waals surface area contributed by atoms with Crippen molar-refractivity contribution in [3.8, 4) is 0 Å². The fourth-order valence-electron chi connectivity index (χ4n) is 1.51. The Balaban J connectivity index is 2.01. The Labute approximate surface area is 92.6 Å². The predicted molar refractivity (Wildman–Crippen MR) is 60.8 cm³/mol. The van der Waals surface area contributed by atoms with Crippen molar-refractivity contribution in [2.45, 2.75) is 13.0 Å². The first-order valence-electron chi connectivity index (χ1n) is 4.79. The average molecular weight is 226 g/mol. The van der Waals surface area contributed by atoms with E-state index in [1.165, 1.54) is 0 Å². The summed E-state index contributed by atoms with van der Waals surface area (Å²) < 4.78 is 1.70. The van der Waals surface area contributed by atoms with Crippen LogP contribution in [0.2, 0.25) is 0 Å². The van der Waals surface area contributed by atoms with Gasteiger partial charge in [-0.3, -0.25) is 14.8 Å². The molecule has 1 aromatic heterocycles. The van der Waals surface area contributed by atoms with Crippen LogP contribution in [-0.4, -0.2) is 33.4 Å². The van der Waals surface area contributed by atoms with Crippen molar-refractivity contribution >= 4 is 23.4 Å². The summed E-state index contributed by atoms with van der Waals surface area (Å²) in [6.07, 6.45) is 1.81. The maximum absolute atomic E-state index is 11.8. The number of amides is 1. The Hall–Kier alpha value is -1.01. The number of carbonyl (C=O) groups excluding carboxylic acids is 1. The quantitative estimate of drug-likeness (QED) is 0.763. The SMILES string of the molecule is Cc1nn(C)cc1NC(=O)C1CSCN1. The van der Waals surface area contributed by atoms with Crippen LogP contribution < -0.4 is 10.6 Å². The van der Waals surface area contributed by atoms with Crippen molar-refractivity contribution in [1.82, 2.24) is 15.1 Å². The molecule has 1 saturated heterocycles. The molecule has 1 aromatic rings. The summed E-state index contributed by atoms with van der Waals surface area (Å²) >= 11 is 1.74. The number of carbonyl (C=O) groups is 1. The van der Waals surface area contributed by atoms with Gasteiger partial charge in [-0.05, 0) is 6.92 Å². The topological polar surface area (TPSA) is 59.0 Å². The van der Waals surface area contributed by atoms with Crippen molar-refractivity contribution in [3.05, 3.63) is 11.9 Å². The van der Waals surface area contributed by atoms with E-state index in [1.807, 2.05) is 20.2 Å². The van der Waals surface area contributed by atoms with Crippen LogP contribution in [0, 0.1) is 6.92 Å². The Morgan fingerprint density at radius 3 is 3.13 bits per heavy atom. The summed E-state index contributed by atoms with van der Waals surface area (Å²) in [5, 5.41) is 10.2. The van der Waals surface area contributed by atoms with Crippen LogP contribution in [0.1, 0.15) is 5.69 Å². The number of thioether (sulfide) groups is 1. The minimum atomic E-state index is -0.0744. The van der Waals surface area contributed by atoms with Crippen LogP contribution in [0.15, 0.2) is 6.20 Å². The van der Waals surface area contributed by atoms with Crippen molar-refractivity contribution < 1.29 is 4.79 Å². The Kier molecular flexibility index (Phi) is 2.97. The fraction of sp³-hybridized carbons (Fsp3) is 0.556. The van der Waals surface area contributed by atoms with Gasteiger partial charge in [0.25, 0.3) is 0 Å². The molecule has 0 aromatic carbocycles. The van der Waals surface area contributed by atoms with Gasteiger partial charge in [-0.1, -0.05) is 0 Å². The zero-order valence-corrected chi connectivity index (χ0v) is 9.60. The zero-order chi connectivity index (χ0) is 10.8. The minimum absolute atomic E-state index is 0.0242. The maximum atomic E-state index is 11.8. The van der Waals surface area contributed by atoms with E-state index in [9.17, 15) is 4.79 Å². The van der Waals surface area contributed by atoms with Gasteiger partial charge >= 0.3 is 0 Å². The molecule has 1 amide bonds. The second-order valence-electron chi connectivity index (χ2n) is 3.56. The molecule has 1 unspecified atom stereocenters. The summed E-state index contributed by atoms with van der Waals surface area (Å²) in [6, 6.07) is -0.0744. The molecule has 2 heterocycles. The van der Waals surface area contributed by atoms with Crippen LogP contribution in [0.25, 0.3) is 0 Å². The third-order valence-electron chi connectivity index (χ3n) is 2.30. The summed E-state index contributed by atoms with van der Waals surface area (Å²) in [7, 11) is 1.84. The molecule has 1 aliphatic heterocycles. The van der Waals surface area contributed by atoms with Crippen LogP contribution in [0.5, 0.6) is 0 Å². The van der Waals surface area contributed by atoms with Crippen LogP contribution in [0.3, 0.4) is 0 Å². The number of hydrogen-bond acceptors (Lipinski definition) is 4. The van der Waals surface area contributed by atoms with Gasteiger partial charge in [0, 0.05) is 24.9 Å². The van der Waals surface area contributed by atoms with Crippen LogP contribution in [0.4, 0.5) is 5.69 Å². The highest BCUT2D eigenvalue weighted by atomic mass is 32.2. The zero-order valence-electron chi connectivity index (χ0n) is 8.78. The standard InChI is InChI=1S/C9H14N4OS/c1-6-7(3-13(2)12-6)11-9(14)8-4-15-5-10-8/h3,8,10H,4-5H2,1-2H3,(H,11,14). The van der Waals surface area contributed by atoms with Crippen molar-refractivity contribution in [1.29, 1.82) is 0 Å². The second kappa shape index (κ2) is 4.24. The highest BCUT2D eigenvalue weighted by Crippen LogP contribution is 2.14. The van der Waals surface area contributed by atoms with Gasteiger partial charge in [0.2, 0.25) is 5.91 Å². The molecular weight excluding hydrogens is 212 g/mol. The van der Waals surface area contributed by atoms with Gasteiger partial charge in [-0.2, -0.15) is 5.10 Å². The van der Waals surface area contributed by atoms with Crippen molar-refractivity contribution in [2.24, 2.45) is 7.05 Å². The van der Waals surface area contributed by atoms with Gasteiger partial charge in [-0.25, -0.2) is 0 Å². The van der Waals surface area contributed by atoms with Crippen molar-refractivity contribution in [2.75, 3.05) is 16.9 Å². The lowest BCUT2D eigenvalue weighted by molar-refractivity contribution is -0.117. The summed E-state index contributed by atoms with van der Waals surface area (Å²) in [5.41, 5.74) is 1.64. The molecule has 6 heteroatoms. The number of rotatable bonds is 2. The molecular formula is C9H14N4OS. The monoisotopic (exact) mass is 226 g/mol. The average Bonchev–Trinajstić information content (AvgIpc) is 2.76. The van der Waals surface area contributed by atoms with E-state index >= 15 is 0 Å². The molecule has 15 heavy (non-hydrogen) atoms.